The second kappa shape index (κ2) is 12.7. The first-order valence-electron chi connectivity index (χ1n) is 9.46. The van der Waals surface area contributed by atoms with Gasteiger partial charge in [-0.2, -0.15) is 0 Å². The van der Waals surface area contributed by atoms with Crippen molar-refractivity contribution in [1.82, 2.24) is 16.0 Å². The zero-order valence-corrected chi connectivity index (χ0v) is 17.2. The van der Waals surface area contributed by atoms with Crippen molar-refractivity contribution in [3.63, 3.8) is 0 Å². The number of rotatable bonds is 13. The van der Waals surface area contributed by atoms with Crippen molar-refractivity contribution in [2.24, 2.45) is 17.6 Å². The Bertz CT molecular complexity index is 609. The van der Waals surface area contributed by atoms with E-state index < -0.39 is 60.8 Å². The molecule has 11 heteroatoms. The molecule has 0 fully saturated rings. The number of carbonyl (C=O) groups excluding carboxylic acids is 3. The quantitative estimate of drug-likeness (QED) is 0.221. The second-order valence-electron chi connectivity index (χ2n) is 7.38. The summed E-state index contributed by atoms with van der Waals surface area (Å²) in [5.74, 6) is -5.03. The van der Waals surface area contributed by atoms with Crippen molar-refractivity contribution in [3.8, 4) is 0 Å². The first-order valence-corrected chi connectivity index (χ1v) is 9.46. The molecule has 0 spiro atoms. The fourth-order valence-corrected chi connectivity index (χ4v) is 2.48. The largest absolute Gasteiger partial charge is 0.481 e. The average Bonchev–Trinajstić information content (AvgIpc) is 2.61. The van der Waals surface area contributed by atoms with Crippen LogP contribution in [0.15, 0.2) is 0 Å². The first-order chi connectivity index (χ1) is 13.4. The highest BCUT2D eigenvalue weighted by Gasteiger charge is 2.28. The molecule has 0 aromatic rings. The molecule has 7 N–H and O–H groups in total. The molecule has 29 heavy (non-hydrogen) atoms. The summed E-state index contributed by atoms with van der Waals surface area (Å²) in [5, 5.41) is 24.9. The van der Waals surface area contributed by atoms with Gasteiger partial charge in [-0.3, -0.25) is 19.2 Å². The number of amides is 3. The van der Waals surface area contributed by atoms with Gasteiger partial charge in [0, 0.05) is 0 Å². The van der Waals surface area contributed by atoms with Gasteiger partial charge in [0.1, 0.15) is 12.1 Å². The third kappa shape index (κ3) is 10.4. The van der Waals surface area contributed by atoms with Gasteiger partial charge in [0.2, 0.25) is 17.7 Å². The number of nitrogens with two attached hydrogens (primary N) is 1. The van der Waals surface area contributed by atoms with E-state index in [1.807, 2.05) is 13.8 Å². The Morgan fingerprint density at radius 1 is 0.966 bits per heavy atom. The minimum Gasteiger partial charge on any atom is -0.481 e. The van der Waals surface area contributed by atoms with Gasteiger partial charge in [0.05, 0.1) is 19.0 Å². The minimum absolute atomic E-state index is 0.124. The van der Waals surface area contributed by atoms with E-state index in [4.69, 9.17) is 10.8 Å². The molecule has 0 heterocycles. The van der Waals surface area contributed by atoms with Crippen molar-refractivity contribution in [2.45, 2.75) is 65.1 Å². The molecule has 0 saturated heterocycles. The van der Waals surface area contributed by atoms with E-state index in [-0.39, 0.29) is 11.8 Å². The van der Waals surface area contributed by atoms with Gasteiger partial charge in [-0.1, -0.05) is 34.1 Å². The van der Waals surface area contributed by atoms with Crippen LogP contribution in [0.25, 0.3) is 0 Å². The summed E-state index contributed by atoms with van der Waals surface area (Å²) in [6.07, 6.45) is 0.174. The molecule has 4 atom stereocenters. The number of carboxylic acid groups (broad SMARTS) is 2. The van der Waals surface area contributed by atoms with Crippen LogP contribution in [0, 0.1) is 11.8 Å². The number of nitrogens with one attached hydrogen (secondary N) is 3. The number of hydrogen-bond donors (Lipinski definition) is 6. The molecule has 0 rings (SSSR count). The topological polar surface area (TPSA) is 188 Å². The van der Waals surface area contributed by atoms with Crippen molar-refractivity contribution >= 4 is 29.7 Å². The van der Waals surface area contributed by atoms with Gasteiger partial charge in [-0.15, -0.1) is 0 Å². The number of hydrogen-bond acceptors (Lipinski definition) is 6. The Hall–Kier alpha value is -2.69. The Kier molecular flexibility index (Phi) is 11.5. The van der Waals surface area contributed by atoms with Crippen LogP contribution in [0.3, 0.4) is 0 Å². The van der Waals surface area contributed by atoms with Crippen molar-refractivity contribution in [2.75, 3.05) is 6.54 Å². The summed E-state index contributed by atoms with van der Waals surface area (Å²) in [6.45, 7) is 6.59. The highest BCUT2D eigenvalue weighted by molar-refractivity contribution is 5.94. The summed E-state index contributed by atoms with van der Waals surface area (Å²) < 4.78 is 0. The van der Waals surface area contributed by atoms with Crippen LogP contribution in [-0.4, -0.2) is 64.5 Å². The van der Waals surface area contributed by atoms with E-state index in [2.05, 4.69) is 16.0 Å². The predicted molar refractivity (Wildman–Crippen MR) is 104 cm³/mol. The lowest BCUT2D eigenvalue weighted by Crippen LogP contribution is -2.54. The summed E-state index contributed by atoms with van der Waals surface area (Å²) in [6, 6.07) is -3.45. The lowest BCUT2D eigenvalue weighted by molar-refractivity contribution is -0.143. The van der Waals surface area contributed by atoms with Crippen LogP contribution in [0.1, 0.15) is 47.0 Å². The van der Waals surface area contributed by atoms with Gasteiger partial charge in [-0.25, -0.2) is 4.79 Å². The van der Waals surface area contributed by atoms with E-state index >= 15 is 0 Å². The number of carboxylic acids is 2. The van der Waals surface area contributed by atoms with E-state index in [0.717, 1.165) is 0 Å². The highest BCUT2D eigenvalue weighted by Crippen LogP contribution is 2.07. The van der Waals surface area contributed by atoms with Crippen molar-refractivity contribution in [1.29, 1.82) is 0 Å². The molecule has 0 aromatic carbocycles. The van der Waals surface area contributed by atoms with Crippen LogP contribution in [0.2, 0.25) is 0 Å². The smallest absolute Gasteiger partial charge is 0.326 e. The molecule has 0 radical (unpaired) electrons. The molecular formula is C18H32N4O7. The molecule has 0 aromatic heterocycles. The zero-order chi connectivity index (χ0) is 22.7. The Morgan fingerprint density at radius 3 is 2.00 bits per heavy atom. The summed E-state index contributed by atoms with van der Waals surface area (Å²) >= 11 is 0. The maximum Gasteiger partial charge on any atom is 0.326 e. The molecule has 3 amide bonds. The van der Waals surface area contributed by atoms with E-state index in [0.29, 0.717) is 12.8 Å². The van der Waals surface area contributed by atoms with Crippen LogP contribution in [0.4, 0.5) is 0 Å². The molecule has 0 aliphatic heterocycles. The van der Waals surface area contributed by atoms with Gasteiger partial charge < -0.3 is 31.9 Å². The standard InChI is InChI=1S/C18H32N4O7/c1-5-10(4)15(18(28)29)22-13(23)8-20-17(27)12(7-14(24)25)21-16(26)11(19)6-9(2)3/h9-12,15H,5-8,19H2,1-4H3,(H,20,27)(H,21,26)(H,22,23)(H,24,25)(H,28,29). The predicted octanol–water partition coefficient (Wildman–Crippen LogP) is -0.949. The molecule has 0 aliphatic rings. The zero-order valence-electron chi connectivity index (χ0n) is 17.2. The monoisotopic (exact) mass is 416 g/mol. The Morgan fingerprint density at radius 2 is 1.55 bits per heavy atom. The van der Waals surface area contributed by atoms with Gasteiger partial charge in [0.15, 0.2) is 0 Å². The summed E-state index contributed by atoms with van der Waals surface area (Å²) in [5.41, 5.74) is 5.73. The Balaban J connectivity index is 4.89. The fraction of sp³-hybridized carbons (Fsp3) is 0.722. The maximum absolute atomic E-state index is 12.2. The van der Waals surface area contributed by atoms with Crippen LogP contribution < -0.4 is 21.7 Å². The summed E-state index contributed by atoms with van der Waals surface area (Å²) in [7, 11) is 0. The SMILES string of the molecule is CCC(C)C(NC(=O)CNC(=O)C(CC(=O)O)NC(=O)C(N)CC(C)C)C(=O)O. The first kappa shape index (κ1) is 26.3. The lowest BCUT2D eigenvalue weighted by Gasteiger charge is -2.22. The average molecular weight is 416 g/mol. The van der Waals surface area contributed by atoms with E-state index in [9.17, 15) is 29.1 Å². The van der Waals surface area contributed by atoms with Crippen LogP contribution in [0.5, 0.6) is 0 Å². The summed E-state index contributed by atoms with van der Waals surface area (Å²) in [4.78, 5) is 58.5. The molecule has 0 bridgehead atoms. The molecule has 11 nitrogen and oxygen atoms in total. The number of carbonyl (C=O) groups is 5. The second-order valence-corrected chi connectivity index (χ2v) is 7.38. The minimum atomic E-state index is -1.42. The van der Waals surface area contributed by atoms with E-state index in [1.165, 1.54) is 0 Å². The maximum atomic E-state index is 12.2. The molecule has 4 unspecified atom stereocenters. The third-order valence-corrected chi connectivity index (χ3v) is 4.29. The van der Waals surface area contributed by atoms with E-state index in [1.54, 1.807) is 13.8 Å². The molecular weight excluding hydrogens is 384 g/mol. The van der Waals surface area contributed by atoms with Crippen molar-refractivity contribution in [3.05, 3.63) is 0 Å². The molecule has 166 valence electrons. The van der Waals surface area contributed by atoms with Gasteiger partial charge in [-0.05, 0) is 18.3 Å². The van der Waals surface area contributed by atoms with Crippen molar-refractivity contribution < 1.29 is 34.2 Å². The van der Waals surface area contributed by atoms with Crippen LogP contribution in [-0.2, 0) is 24.0 Å². The fourth-order valence-electron chi connectivity index (χ4n) is 2.48. The third-order valence-electron chi connectivity index (χ3n) is 4.29. The Labute approximate surface area is 169 Å². The molecule has 0 saturated carbocycles. The lowest BCUT2D eigenvalue weighted by atomic mass is 9.99. The highest BCUT2D eigenvalue weighted by atomic mass is 16.4. The molecule has 0 aliphatic carbocycles. The number of aliphatic carboxylic acids is 2. The normalized spacial score (nSPS) is 15.0. The van der Waals surface area contributed by atoms with Crippen LogP contribution >= 0.6 is 0 Å². The van der Waals surface area contributed by atoms with Gasteiger partial charge in [0.25, 0.3) is 0 Å². The van der Waals surface area contributed by atoms with Gasteiger partial charge >= 0.3 is 11.9 Å².